The highest BCUT2D eigenvalue weighted by molar-refractivity contribution is 7.23. The number of fused-ring (bicyclic) bond motifs is 1. The molecule has 0 saturated carbocycles. The van der Waals surface area contributed by atoms with Gasteiger partial charge in [-0.15, -0.1) is 22.7 Å². The molecule has 1 N–H and O–H groups in total. The van der Waals surface area contributed by atoms with Crippen LogP contribution in [0.15, 0.2) is 76.9 Å². The predicted molar refractivity (Wildman–Crippen MR) is 134 cm³/mol. The van der Waals surface area contributed by atoms with Crippen molar-refractivity contribution < 1.29 is 4.79 Å². The van der Waals surface area contributed by atoms with Crippen molar-refractivity contribution in [3.05, 3.63) is 93.7 Å². The number of nitrogens with zero attached hydrogens (tertiary/aromatic N) is 3. The minimum atomic E-state index is -0.209. The van der Waals surface area contributed by atoms with E-state index in [1.54, 1.807) is 34.8 Å². The van der Waals surface area contributed by atoms with Crippen LogP contribution in [0.5, 0.6) is 0 Å². The zero-order valence-corrected chi connectivity index (χ0v) is 19.5. The molecule has 0 atom stereocenters. The lowest BCUT2D eigenvalue weighted by Gasteiger charge is -2.10. The highest BCUT2D eigenvalue weighted by Crippen LogP contribution is 2.35. The molecule has 0 unspecified atom stereocenters. The van der Waals surface area contributed by atoms with Crippen molar-refractivity contribution >= 4 is 39.4 Å². The molecule has 1 amide bonds. The average molecular weight is 473 g/mol. The fourth-order valence-electron chi connectivity index (χ4n) is 3.66. The molecule has 6 nitrogen and oxygen atoms in total. The van der Waals surface area contributed by atoms with Crippen LogP contribution in [0.1, 0.15) is 16.1 Å². The third-order valence-corrected chi connectivity index (χ3v) is 7.49. The first-order chi connectivity index (χ1) is 16.1. The number of hydrogen-bond donors (Lipinski definition) is 1. The average Bonchev–Trinajstić information content (AvgIpc) is 3.50. The van der Waals surface area contributed by atoms with Gasteiger partial charge in [0.25, 0.3) is 11.5 Å². The summed E-state index contributed by atoms with van der Waals surface area (Å²) < 4.78 is 1.39. The fourth-order valence-corrected chi connectivity index (χ4v) is 5.49. The highest BCUT2D eigenvalue weighted by Gasteiger charge is 2.15. The summed E-state index contributed by atoms with van der Waals surface area (Å²) in [5.74, 6) is -0.171. The maximum absolute atomic E-state index is 12.8. The Balaban J connectivity index is 1.32. The van der Waals surface area contributed by atoms with Gasteiger partial charge in [0.2, 0.25) is 0 Å². The van der Waals surface area contributed by atoms with Crippen LogP contribution in [0.25, 0.3) is 31.2 Å². The SMILES string of the molecule is Cc1nc(-c2cccs2)sc1-c1ccc(=O)n(CCNC(=O)c2cccc3ccccc23)n1. The van der Waals surface area contributed by atoms with Gasteiger partial charge in [-0.1, -0.05) is 42.5 Å². The van der Waals surface area contributed by atoms with Crippen LogP contribution in [-0.2, 0) is 6.54 Å². The van der Waals surface area contributed by atoms with E-state index in [4.69, 9.17) is 0 Å². The van der Waals surface area contributed by atoms with Gasteiger partial charge in [-0.05, 0) is 41.3 Å². The molecule has 33 heavy (non-hydrogen) atoms. The van der Waals surface area contributed by atoms with Crippen LogP contribution in [0.4, 0.5) is 0 Å². The quantitative estimate of drug-likeness (QED) is 0.378. The van der Waals surface area contributed by atoms with E-state index in [1.807, 2.05) is 60.8 Å². The number of thiophene rings is 1. The van der Waals surface area contributed by atoms with E-state index in [2.05, 4.69) is 15.4 Å². The summed E-state index contributed by atoms with van der Waals surface area (Å²) in [4.78, 5) is 31.9. The third-order valence-electron chi connectivity index (χ3n) is 5.27. The van der Waals surface area contributed by atoms with Gasteiger partial charge in [0, 0.05) is 18.2 Å². The molecule has 3 aromatic heterocycles. The molecular formula is C25H20N4O2S2. The van der Waals surface area contributed by atoms with E-state index in [0.29, 0.717) is 17.8 Å². The van der Waals surface area contributed by atoms with Gasteiger partial charge < -0.3 is 5.32 Å². The maximum Gasteiger partial charge on any atom is 0.266 e. The van der Waals surface area contributed by atoms with Gasteiger partial charge in [-0.25, -0.2) is 9.67 Å². The Kier molecular flexibility index (Phi) is 5.85. The zero-order valence-electron chi connectivity index (χ0n) is 17.8. The maximum atomic E-state index is 12.8. The van der Waals surface area contributed by atoms with Crippen molar-refractivity contribution in [2.45, 2.75) is 13.5 Å². The molecule has 0 aliphatic heterocycles. The molecule has 0 bridgehead atoms. The van der Waals surface area contributed by atoms with Crippen LogP contribution in [0.2, 0.25) is 0 Å². The number of aromatic nitrogens is 3. The Bertz CT molecular complexity index is 1500. The van der Waals surface area contributed by atoms with Crippen LogP contribution >= 0.6 is 22.7 Å². The summed E-state index contributed by atoms with van der Waals surface area (Å²) in [5.41, 5.74) is 1.99. The molecule has 5 rings (SSSR count). The lowest BCUT2D eigenvalue weighted by Crippen LogP contribution is -2.32. The van der Waals surface area contributed by atoms with Crippen molar-refractivity contribution in [1.82, 2.24) is 20.1 Å². The zero-order chi connectivity index (χ0) is 22.8. The van der Waals surface area contributed by atoms with E-state index >= 15 is 0 Å². The minimum Gasteiger partial charge on any atom is -0.350 e. The Morgan fingerprint density at radius 1 is 1.03 bits per heavy atom. The Hall–Kier alpha value is -3.62. The van der Waals surface area contributed by atoms with E-state index in [0.717, 1.165) is 31.2 Å². The standard InChI is InChI=1S/C25H20N4O2S2/c1-16-23(33-25(27-16)21-10-5-15-32-21)20-11-12-22(30)29(28-20)14-13-26-24(31)19-9-4-7-17-6-2-3-8-18(17)19/h2-12,15H,13-14H2,1H3,(H,26,31). The van der Waals surface area contributed by atoms with Crippen LogP contribution in [0.3, 0.4) is 0 Å². The molecule has 0 spiro atoms. The van der Waals surface area contributed by atoms with Gasteiger partial charge >= 0.3 is 0 Å². The second-order valence-corrected chi connectivity index (χ2v) is 9.42. The molecule has 3 heterocycles. The van der Waals surface area contributed by atoms with Crippen molar-refractivity contribution in [3.8, 4) is 20.5 Å². The number of thiazole rings is 1. The van der Waals surface area contributed by atoms with Gasteiger partial charge in [-0.2, -0.15) is 5.10 Å². The van der Waals surface area contributed by atoms with Crippen molar-refractivity contribution in [3.63, 3.8) is 0 Å². The first-order valence-electron chi connectivity index (χ1n) is 10.5. The fraction of sp³-hybridized carbons (Fsp3) is 0.120. The molecule has 8 heteroatoms. The van der Waals surface area contributed by atoms with Crippen molar-refractivity contribution in [1.29, 1.82) is 0 Å². The number of amides is 1. The molecule has 2 aromatic carbocycles. The van der Waals surface area contributed by atoms with Crippen LogP contribution < -0.4 is 10.9 Å². The summed E-state index contributed by atoms with van der Waals surface area (Å²) in [6.07, 6.45) is 0. The lowest BCUT2D eigenvalue weighted by atomic mass is 10.0. The Morgan fingerprint density at radius 3 is 2.73 bits per heavy atom. The Morgan fingerprint density at radius 2 is 1.88 bits per heavy atom. The molecule has 0 radical (unpaired) electrons. The topological polar surface area (TPSA) is 76.9 Å². The first-order valence-corrected chi connectivity index (χ1v) is 12.2. The number of hydrogen-bond acceptors (Lipinski definition) is 6. The molecule has 5 aromatic rings. The molecule has 0 aliphatic carbocycles. The smallest absolute Gasteiger partial charge is 0.266 e. The predicted octanol–water partition coefficient (Wildman–Crippen LogP) is 4.99. The molecule has 0 aliphatic rings. The number of rotatable bonds is 6. The number of aryl methyl sites for hydroxylation is 1. The molecular weight excluding hydrogens is 452 g/mol. The second kappa shape index (κ2) is 9.09. The third kappa shape index (κ3) is 4.35. The van der Waals surface area contributed by atoms with Gasteiger partial charge in [0.05, 0.1) is 22.0 Å². The van der Waals surface area contributed by atoms with E-state index in [1.165, 1.54) is 10.7 Å². The van der Waals surface area contributed by atoms with Crippen molar-refractivity contribution in [2.24, 2.45) is 0 Å². The van der Waals surface area contributed by atoms with Gasteiger partial charge in [0.15, 0.2) is 0 Å². The monoisotopic (exact) mass is 472 g/mol. The van der Waals surface area contributed by atoms with E-state index in [-0.39, 0.29) is 18.0 Å². The highest BCUT2D eigenvalue weighted by atomic mass is 32.1. The number of carbonyl (C=O) groups is 1. The first kappa shape index (κ1) is 21.2. The largest absolute Gasteiger partial charge is 0.350 e. The second-order valence-electron chi connectivity index (χ2n) is 7.47. The lowest BCUT2D eigenvalue weighted by molar-refractivity contribution is 0.0953. The van der Waals surface area contributed by atoms with Gasteiger partial charge in [0.1, 0.15) is 10.7 Å². The normalized spacial score (nSPS) is 11.1. The summed E-state index contributed by atoms with van der Waals surface area (Å²) in [5, 5.41) is 12.3. The summed E-state index contributed by atoms with van der Waals surface area (Å²) in [6.45, 7) is 2.52. The van der Waals surface area contributed by atoms with Crippen molar-refractivity contribution in [2.75, 3.05) is 6.54 Å². The molecule has 0 fully saturated rings. The molecule has 164 valence electrons. The van der Waals surface area contributed by atoms with Gasteiger partial charge in [-0.3, -0.25) is 9.59 Å². The minimum absolute atomic E-state index is 0.171. The van der Waals surface area contributed by atoms with E-state index in [9.17, 15) is 9.59 Å². The number of nitrogens with one attached hydrogen (secondary N) is 1. The number of benzene rings is 2. The van der Waals surface area contributed by atoms with Crippen LogP contribution in [-0.4, -0.2) is 27.2 Å². The number of carbonyl (C=O) groups excluding carboxylic acids is 1. The van der Waals surface area contributed by atoms with Crippen LogP contribution in [0, 0.1) is 6.92 Å². The summed E-state index contributed by atoms with van der Waals surface area (Å²) >= 11 is 3.21. The van der Waals surface area contributed by atoms with E-state index < -0.39 is 0 Å². The summed E-state index contributed by atoms with van der Waals surface area (Å²) in [6, 6.07) is 20.7. The Labute approximate surface area is 198 Å². The molecule has 0 saturated heterocycles. The summed E-state index contributed by atoms with van der Waals surface area (Å²) in [7, 11) is 0.